The van der Waals surface area contributed by atoms with E-state index >= 15 is 0 Å². The number of esters is 1. The van der Waals surface area contributed by atoms with E-state index < -0.39 is 75.2 Å². The Kier molecular flexibility index (Phi) is 8.78. The molecule has 2 aromatic heterocycles. The second-order valence-corrected chi connectivity index (χ2v) is 12.6. The molecule has 0 aliphatic heterocycles. The van der Waals surface area contributed by atoms with E-state index in [-0.39, 0.29) is 42.7 Å². The van der Waals surface area contributed by atoms with Gasteiger partial charge in [0.25, 0.3) is 5.91 Å². The summed E-state index contributed by atoms with van der Waals surface area (Å²) < 4.78 is 90.5. The summed E-state index contributed by atoms with van der Waals surface area (Å²) in [4.78, 5) is 43.0. The van der Waals surface area contributed by atoms with E-state index in [1.807, 2.05) is 5.32 Å². The zero-order valence-corrected chi connectivity index (χ0v) is 24.7. The molecule has 1 saturated carbocycles. The van der Waals surface area contributed by atoms with E-state index in [0.29, 0.717) is 22.9 Å². The van der Waals surface area contributed by atoms with Gasteiger partial charge in [0.05, 0.1) is 11.8 Å². The first-order valence-corrected chi connectivity index (χ1v) is 13.8. The molecule has 1 aromatic carbocycles. The Morgan fingerprint density at radius 3 is 2.20 bits per heavy atom. The van der Waals surface area contributed by atoms with Crippen LogP contribution in [0.15, 0.2) is 35.3 Å². The van der Waals surface area contributed by atoms with E-state index in [9.17, 15) is 40.7 Å². The third kappa shape index (κ3) is 7.69. The summed E-state index contributed by atoms with van der Waals surface area (Å²) in [5.41, 5.74) is -4.47. The second kappa shape index (κ2) is 11.8. The van der Waals surface area contributed by atoms with E-state index in [0.717, 1.165) is 0 Å². The van der Waals surface area contributed by atoms with E-state index in [1.54, 1.807) is 34.6 Å². The predicted molar refractivity (Wildman–Crippen MR) is 150 cm³/mol. The van der Waals surface area contributed by atoms with Crippen LogP contribution in [0.3, 0.4) is 0 Å². The lowest BCUT2D eigenvalue weighted by Gasteiger charge is -2.27. The minimum absolute atomic E-state index is 0.0276. The van der Waals surface area contributed by atoms with Gasteiger partial charge in [0.15, 0.2) is 17.3 Å². The van der Waals surface area contributed by atoms with Crippen LogP contribution in [0.4, 0.5) is 32.2 Å². The number of benzene rings is 1. The highest BCUT2D eigenvalue weighted by Crippen LogP contribution is 2.40. The number of fused-ring (bicyclic) bond motifs is 1. The average Bonchev–Trinajstić information content (AvgIpc) is 3.69. The van der Waals surface area contributed by atoms with Crippen molar-refractivity contribution in [1.29, 1.82) is 0 Å². The molecule has 1 aliphatic carbocycles. The zero-order chi connectivity index (χ0) is 32.8. The number of rotatable bonds is 9. The molecule has 0 bridgehead atoms. The van der Waals surface area contributed by atoms with Crippen molar-refractivity contribution >= 4 is 28.7 Å². The zero-order valence-electron chi connectivity index (χ0n) is 24.7. The number of hydrogen-bond acceptors (Lipinski definition) is 6. The fourth-order valence-electron chi connectivity index (χ4n) is 4.67. The summed E-state index contributed by atoms with van der Waals surface area (Å²) in [5.74, 6) is -6.65. The van der Waals surface area contributed by atoms with Crippen molar-refractivity contribution in [2.45, 2.75) is 71.7 Å². The van der Waals surface area contributed by atoms with Gasteiger partial charge in [-0.25, -0.2) is 18.2 Å². The number of anilines is 1. The van der Waals surface area contributed by atoms with Crippen LogP contribution in [0, 0.1) is 28.8 Å². The molecule has 2 N–H and O–H groups in total. The van der Waals surface area contributed by atoms with Crippen molar-refractivity contribution in [3.8, 4) is 5.69 Å². The smallest absolute Gasteiger partial charge is 0.408 e. The van der Waals surface area contributed by atoms with Gasteiger partial charge in [0, 0.05) is 24.9 Å². The highest BCUT2D eigenvalue weighted by molar-refractivity contribution is 5.97. The maximum Gasteiger partial charge on any atom is 0.408 e. The SMILES string of the molecule is CC(C)(CNc1ccc2c(=O)c(C(=O)N[C@@H](C3CC3)C(F)(F)F)cn(-c3c(F)cc(F)cc3F)c2n1)CC(=O)OC(C)(C)C. The summed E-state index contributed by atoms with van der Waals surface area (Å²) in [7, 11) is 0. The number of ether oxygens (including phenoxy) is 1. The molecule has 1 atom stereocenters. The Bertz CT molecular complexity index is 1640. The molecule has 0 saturated heterocycles. The third-order valence-corrected chi connectivity index (χ3v) is 6.84. The van der Waals surface area contributed by atoms with Gasteiger partial charge in [-0.15, -0.1) is 0 Å². The Labute approximate surface area is 248 Å². The summed E-state index contributed by atoms with van der Waals surface area (Å²) in [6.07, 6.45) is -3.62. The van der Waals surface area contributed by atoms with Crippen LogP contribution >= 0.6 is 0 Å². The predicted octanol–water partition coefficient (Wildman–Crippen LogP) is 6.04. The van der Waals surface area contributed by atoms with Crippen molar-refractivity contribution in [1.82, 2.24) is 14.9 Å². The number of amides is 1. The molecule has 2 heterocycles. The molecule has 1 amide bonds. The molecule has 1 aliphatic rings. The van der Waals surface area contributed by atoms with E-state index in [4.69, 9.17) is 4.74 Å². The molecule has 3 aromatic rings. The molecule has 0 unspecified atom stereocenters. The van der Waals surface area contributed by atoms with Gasteiger partial charge >= 0.3 is 12.1 Å². The van der Waals surface area contributed by atoms with Gasteiger partial charge in [-0.1, -0.05) is 13.8 Å². The number of halogens is 6. The molecule has 0 spiro atoms. The largest absolute Gasteiger partial charge is 0.460 e. The molecular weight excluding hydrogens is 594 g/mol. The second-order valence-electron chi connectivity index (χ2n) is 12.6. The van der Waals surface area contributed by atoms with Gasteiger partial charge in [0.1, 0.15) is 34.5 Å². The van der Waals surface area contributed by atoms with Crippen LogP contribution in [0.1, 0.15) is 64.2 Å². The van der Waals surface area contributed by atoms with Crippen molar-refractivity contribution in [2.75, 3.05) is 11.9 Å². The van der Waals surface area contributed by atoms with E-state index in [2.05, 4.69) is 10.3 Å². The number of alkyl halides is 3. The minimum atomic E-state index is -4.79. The van der Waals surface area contributed by atoms with Crippen molar-refractivity contribution in [3.63, 3.8) is 0 Å². The maximum atomic E-state index is 15.0. The van der Waals surface area contributed by atoms with Gasteiger partial charge in [0.2, 0.25) is 5.43 Å². The molecule has 4 rings (SSSR count). The van der Waals surface area contributed by atoms with Gasteiger partial charge < -0.3 is 15.4 Å². The molecule has 8 nitrogen and oxygen atoms in total. The topological polar surface area (TPSA) is 102 Å². The van der Waals surface area contributed by atoms with E-state index in [1.165, 1.54) is 12.1 Å². The number of nitrogens with zero attached hydrogens (tertiary/aromatic N) is 2. The van der Waals surface area contributed by atoms with Gasteiger partial charge in [-0.2, -0.15) is 13.2 Å². The number of nitrogens with one attached hydrogen (secondary N) is 2. The first-order chi connectivity index (χ1) is 20.3. The normalized spacial score (nSPS) is 14.8. The number of carbonyl (C=O) groups excluding carboxylic acids is 2. The lowest BCUT2D eigenvalue weighted by Crippen LogP contribution is -2.48. The lowest BCUT2D eigenvalue weighted by atomic mass is 9.89. The monoisotopic (exact) mass is 626 g/mol. The minimum Gasteiger partial charge on any atom is -0.460 e. The molecule has 44 heavy (non-hydrogen) atoms. The first kappa shape index (κ1) is 32.8. The highest BCUT2D eigenvalue weighted by Gasteiger charge is 2.50. The Hall–Kier alpha value is -4.10. The fraction of sp³-hybridized carbons (Fsp3) is 0.467. The Morgan fingerprint density at radius 1 is 1.05 bits per heavy atom. The van der Waals surface area contributed by atoms with Crippen molar-refractivity contribution in [3.05, 3.63) is 63.7 Å². The maximum absolute atomic E-state index is 15.0. The summed E-state index contributed by atoms with van der Waals surface area (Å²) >= 11 is 0. The summed E-state index contributed by atoms with van der Waals surface area (Å²) in [6, 6.07) is 1.06. The quantitative estimate of drug-likeness (QED) is 0.222. The first-order valence-electron chi connectivity index (χ1n) is 13.8. The summed E-state index contributed by atoms with van der Waals surface area (Å²) in [5, 5.41) is 4.50. The summed E-state index contributed by atoms with van der Waals surface area (Å²) in [6.45, 7) is 8.93. The van der Waals surface area contributed by atoms with Crippen LogP contribution in [0.25, 0.3) is 16.7 Å². The van der Waals surface area contributed by atoms with Crippen LogP contribution in [0.2, 0.25) is 0 Å². The van der Waals surface area contributed by atoms with Gasteiger partial charge in [-0.3, -0.25) is 19.0 Å². The number of carbonyl (C=O) groups is 2. The van der Waals surface area contributed by atoms with Crippen LogP contribution in [-0.2, 0) is 9.53 Å². The van der Waals surface area contributed by atoms with Crippen molar-refractivity contribution in [2.24, 2.45) is 11.3 Å². The van der Waals surface area contributed by atoms with Crippen molar-refractivity contribution < 1.29 is 40.7 Å². The molecule has 14 heteroatoms. The lowest BCUT2D eigenvalue weighted by molar-refractivity contribution is -0.158. The molecule has 238 valence electrons. The van der Waals surface area contributed by atoms with Crippen LogP contribution in [0.5, 0.6) is 0 Å². The Balaban J connectivity index is 1.76. The van der Waals surface area contributed by atoms with Gasteiger partial charge in [-0.05, 0) is 57.1 Å². The van der Waals surface area contributed by atoms with Crippen LogP contribution in [-0.4, -0.2) is 45.8 Å². The fourth-order valence-corrected chi connectivity index (χ4v) is 4.67. The Morgan fingerprint density at radius 2 is 1.66 bits per heavy atom. The number of aromatic nitrogens is 2. The number of hydrogen-bond donors (Lipinski definition) is 2. The average molecular weight is 627 g/mol. The highest BCUT2D eigenvalue weighted by atomic mass is 19.4. The number of pyridine rings is 2. The molecule has 0 radical (unpaired) electrons. The standard InChI is InChI=1S/C30H32F6N4O4/c1-28(2,3)44-22(41)12-29(4,5)14-37-21-9-8-17-24(42)18(27(43)39-25(15-6-7-15)30(34,35)36)13-40(26(17)38-21)23-19(32)10-16(31)11-20(23)33/h8-11,13,15,25H,6-7,12,14H2,1-5H3,(H,37,38)(H,39,43)/t25-/m0/s1. The molecule has 1 fully saturated rings. The third-order valence-electron chi connectivity index (χ3n) is 6.84. The van der Waals surface area contributed by atoms with Crippen LogP contribution < -0.4 is 16.1 Å². The molecular formula is C30H32F6N4O4.